The van der Waals surface area contributed by atoms with Crippen LogP contribution in [0, 0.1) is 28.9 Å². The number of hydrogen-bond donors (Lipinski definition) is 1. The van der Waals surface area contributed by atoms with Gasteiger partial charge in [-0.15, -0.1) is 5.54 Å². The van der Waals surface area contributed by atoms with Gasteiger partial charge in [-0.3, -0.25) is 0 Å². The number of alkyl halides is 3. The molecular weight excluding hydrogens is 300 g/mol. The van der Waals surface area contributed by atoms with Crippen molar-refractivity contribution in [1.29, 1.82) is 0 Å². The lowest BCUT2D eigenvalue weighted by Crippen LogP contribution is -2.18. The topological polar surface area (TPSA) is 26.0 Å². The molecule has 0 saturated carbocycles. The molecule has 0 atom stereocenters. The minimum absolute atomic E-state index is 0.960. The van der Waals surface area contributed by atoms with E-state index in [4.69, 9.17) is 5.73 Å². The highest BCUT2D eigenvalue weighted by molar-refractivity contribution is 6.83. The van der Waals surface area contributed by atoms with Crippen molar-refractivity contribution < 1.29 is 26.3 Å². The SMILES string of the molecule is C[Si](C)(C)C#Cc1c(N)c(F)c(F)c(C(F)(F)F)c1F. The average Bonchev–Trinajstić information content (AvgIpc) is 2.22. The van der Waals surface area contributed by atoms with Crippen molar-refractivity contribution in [3.05, 3.63) is 28.6 Å². The lowest BCUT2D eigenvalue weighted by Gasteiger charge is -2.13. The third-order valence-corrected chi connectivity index (χ3v) is 3.08. The van der Waals surface area contributed by atoms with Gasteiger partial charge in [0, 0.05) is 0 Å². The number of nitrogen functional groups attached to an aromatic ring is 1. The summed E-state index contributed by atoms with van der Waals surface area (Å²) < 4.78 is 78.0. The van der Waals surface area contributed by atoms with E-state index in [1.807, 2.05) is 0 Å². The Morgan fingerprint density at radius 3 is 1.85 bits per heavy atom. The lowest BCUT2D eigenvalue weighted by atomic mass is 10.1. The maximum atomic E-state index is 13.8. The minimum Gasteiger partial charge on any atom is -0.395 e. The van der Waals surface area contributed by atoms with E-state index in [1.54, 1.807) is 19.6 Å². The summed E-state index contributed by atoms with van der Waals surface area (Å²) in [4.78, 5) is 0. The van der Waals surface area contributed by atoms with E-state index in [9.17, 15) is 26.3 Å². The highest BCUT2D eigenvalue weighted by Gasteiger charge is 2.41. The van der Waals surface area contributed by atoms with Gasteiger partial charge < -0.3 is 5.73 Å². The fourth-order valence-electron chi connectivity index (χ4n) is 1.30. The Balaban J connectivity index is 3.70. The highest BCUT2D eigenvalue weighted by atomic mass is 28.3. The van der Waals surface area contributed by atoms with Gasteiger partial charge in [0.25, 0.3) is 0 Å². The Morgan fingerprint density at radius 1 is 0.950 bits per heavy atom. The summed E-state index contributed by atoms with van der Waals surface area (Å²) in [5, 5.41) is 0. The minimum atomic E-state index is -5.38. The molecule has 0 bridgehead atoms. The van der Waals surface area contributed by atoms with Crippen LogP contribution in [0.15, 0.2) is 0 Å². The van der Waals surface area contributed by atoms with Crippen LogP contribution in [-0.2, 0) is 6.18 Å². The van der Waals surface area contributed by atoms with Gasteiger partial charge in [0.15, 0.2) is 17.5 Å². The number of benzene rings is 1. The van der Waals surface area contributed by atoms with Crippen LogP contribution in [0.3, 0.4) is 0 Å². The summed E-state index contributed by atoms with van der Waals surface area (Å²) in [7, 11) is -2.06. The Kier molecular flexibility index (Phi) is 4.15. The molecule has 0 aromatic heterocycles. The zero-order chi connectivity index (χ0) is 15.9. The lowest BCUT2D eigenvalue weighted by molar-refractivity contribution is -0.142. The third kappa shape index (κ3) is 3.28. The van der Waals surface area contributed by atoms with E-state index >= 15 is 0 Å². The van der Waals surface area contributed by atoms with Crippen LogP contribution in [0.25, 0.3) is 0 Å². The molecule has 0 radical (unpaired) electrons. The molecule has 0 spiro atoms. The number of rotatable bonds is 0. The first-order valence-electron chi connectivity index (χ1n) is 5.42. The van der Waals surface area contributed by atoms with E-state index in [-0.39, 0.29) is 0 Å². The Bertz CT molecular complexity index is 604. The molecule has 1 aromatic rings. The smallest absolute Gasteiger partial charge is 0.395 e. The Labute approximate surface area is 112 Å². The van der Waals surface area contributed by atoms with Crippen molar-refractivity contribution in [1.82, 2.24) is 0 Å². The largest absolute Gasteiger partial charge is 0.422 e. The van der Waals surface area contributed by atoms with Crippen molar-refractivity contribution in [3.8, 4) is 11.5 Å². The Hall–Kier alpha value is -1.62. The van der Waals surface area contributed by atoms with Crippen LogP contribution < -0.4 is 5.73 Å². The molecule has 0 aliphatic carbocycles. The molecule has 1 nitrogen and oxygen atoms in total. The van der Waals surface area contributed by atoms with Crippen molar-refractivity contribution in [2.45, 2.75) is 25.8 Å². The normalized spacial score (nSPS) is 12.1. The van der Waals surface area contributed by atoms with E-state index in [0.29, 0.717) is 0 Å². The standard InChI is InChI=1S/C12H11F6NSi/c1-20(2,3)5-4-6-8(13)7(12(16,17)18)9(14)10(15)11(6)19/h19H2,1-3H3. The van der Waals surface area contributed by atoms with Gasteiger partial charge >= 0.3 is 6.18 Å². The molecule has 0 amide bonds. The fraction of sp³-hybridized carbons (Fsp3) is 0.333. The van der Waals surface area contributed by atoms with Gasteiger partial charge in [-0.2, -0.15) is 13.2 Å². The van der Waals surface area contributed by atoms with Crippen LogP contribution in [-0.4, -0.2) is 8.07 Å². The summed E-state index contributed by atoms with van der Waals surface area (Å²) in [6.07, 6.45) is -5.38. The van der Waals surface area contributed by atoms with Crippen molar-refractivity contribution >= 4 is 13.8 Å². The summed E-state index contributed by atoms with van der Waals surface area (Å²) in [6.45, 7) is 5.25. The molecule has 2 N–H and O–H groups in total. The summed E-state index contributed by atoms with van der Waals surface area (Å²) in [6, 6.07) is 0. The molecule has 8 heteroatoms. The second-order valence-corrected chi connectivity index (χ2v) is 9.85. The molecule has 0 aliphatic rings. The fourth-order valence-corrected chi connectivity index (χ4v) is 1.80. The molecule has 1 aromatic carbocycles. The first kappa shape index (κ1) is 16.4. The summed E-state index contributed by atoms with van der Waals surface area (Å²) >= 11 is 0. The van der Waals surface area contributed by atoms with Crippen LogP contribution in [0.4, 0.5) is 32.0 Å². The van der Waals surface area contributed by atoms with E-state index in [1.165, 1.54) is 0 Å². The van der Waals surface area contributed by atoms with E-state index in [0.717, 1.165) is 0 Å². The van der Waals surface area contributed by atoms with Gasteiger partial charge in [0.1, 0.15) is 13.6 Å². The van der Waals surface area contributed by atoms with Gasteiger partial charge in [-0.25, -0.2) is 13.2 Å². The molecular formula is C12H11F6NSi. The first-order valence-corrected chi connectivity index (χ1v) is 8.92. The Morgan fingerprint density at radius 2 is 1.45 bits per heavy atom. The molecule has 0 saturated heterocycles. The van der Waals surface area contributed by atoms with Gasteiger partial charge in [0.2, 0.25) is 0 Å². The van der Waals surface area contributed by atoms with Crippen molar-refractivity contribution in [3.63, 3.8) is 0 Å². The molecule has 0 heterocycles. The van der Waals surface area contributed by atoms with Crippen LogP contribution in [0.5, 0.6) is 0 Å². The number of anilines is 1. The second-order valence-electron chi connectivity index (χ2n) is 5.10. The number of hydrogen-bond acceptors (Lipinski definition) is 1. The van der Waals surface area contributed by atoms with Gasteiger partial charge in [-0.1, -0.05) is 25.6 Å². The van der Waals surface area contributed by atoms with Crippen LogP contribution in [0.1, 0.15) is 11.1 Å². The maximum absolute atomic E-state index is 13.8. The molecule has 0 unspecified atom stereocenters. The number of halogens is 6. The molecule has 0 aliphatic heterocycles. The monoisotopic (exact) mass is 311 g/mol. The van der Waals surface area contributed by atoms with Crippen LogP contribution >= 0.6 is 0 Å². The molecule has 20 heavy (non-hydrogen) atoms. The highest BCUT2D eigenvalue weighted by Crippen LogP contribution is 2.38. The quantitative estimate of drug-likeness (QED) is 0.254. The summed E-state index contributed by atoms with van der Waals surface area (Å²) in [5.41, 5.74) is 3.34. The zero-order valence-corrected chi connectivity index (χ0v) is 11.8. The summed E-state index contributed by atoms with van der Waals surface area (Å²) in [5.74, 6) is -4.18. The van der Waals surface area contributed by atoms with E-state index < -0.39 is 48.5 Å². The first-order chi connectivity index (χ1) is 8.86. The maximum Gasteiger partial charge on any atom is 0.422 e. The predicted octanol–water partition coefficient (Wildman–Crippen LogP) is 3.93. The van der Waals surface area contributed by atoms with Crippen LogP contribution in [0.2, 0.25) is 19.6 Å². The second kappa shape index (κ2) is 5.05. The van der Waals surface area contributed by atoms with E-state index in [2.05, 4.69) is 11.5 Å². The number of nitrogens with two attached hydrogens (primary N) is 1. The van der Waals surface area contributed by atoms with Gasteiger partial charge in [0.05, 0.1) is 11.3 Å². The average molecular weight is 311 g/mol. The predicted molar refractivity (Wildman–Crippen MR) is 66.0 cm³/mol. The third-order valence-electron chi connectivity index (χ3n) is 2.20. The molecule has 1 rings (SSSR count). The molecule has 110 valence electrons. The van der Waals surface area contributed by atoms with Crippen molar-refractivity contribution in [2.24, 2.45) is 0 Å². The van der Waals surface area contributed by atoms with Gasteiger partial charge in [-0.05, 0) is 0 Å². The van der Waals surface area contributed by atoms with Crippen molar-refractivity contribution in [2.75, 3.05) is 5.73 Å². The zero-order valence-electron chi connectivity index (χ0n) is 10.8. The molecule has 0 fully saturated rings.